The maximum absolute atomic E-state index is 5.40. The van der Waals surface area contributed by atoms with Crippen molar-refractivity contribution in [3.8, 4) is 0 Å². The first-order valence-corrected chi connectivity index (χ1v) is 4.34. The first-order valence-electron chi connectivity index (χ1n) is 4.34. The Bertz CT molecular complexity index is 93.5. The second-order valence-electron chi connectivity index (χ2n) is 2.76. The monoisotopic (exact) mass is 160 g/mol. The molecule has 1 heterocycles. The van der Waals surface area contributed by atoms with Crippen LogP contribution in [0.2, 0.25) is 0 Å². The van der Waals surface area contributed by atoms with Crippen molar-refractivity contribution in [1.82, 2.24) is 0 Å². The smallest absolute Gasteiger partial charge is 0.194 e. The summed E-state index contributed by atoms with van der Waals surface area (Å²) in [7, 11) is 0. The first-order chi connectivity index (χ1) is 5.36. The summed E-state index contributed by atoms with van der Waals surface area (Å²) >= 11 is 0. The summed E-state index contributed by atoms with van der Waals surface area (Å²) in [6, 6.07) is 0. The van der Waals surface area contributed by atoms with Gasteiger partial charge in [-0.05, 0) is 0 Å². The molecule has 2 unspecified atom stereocenters. The van der Waals surface area contributed by atoms with Crippen LogP contribution >= 0.6 is 0 Å². The van der Waals surface area contributed by atoms with Crippen LogP contribution in [0, 0.1) is 0 Å². The van der Waals surface area contributed by atoms with Crippen LogP contribution in [0.4, 0.5) is 0 Å². The highest BCUT2D eigenvalue weighted by atomic mass is 17.3. The normalized spacial score (nSPS) is 31.1. The molecule has 3 heteroatoms. The van der Waals surface area contributed by atoms with E-state index in [0.29, 0.717) is 0 Å². The fraction of sp³-hybridized carbons (Fsp3) is 1.00. The van der Waals surface area contributed by atoms with E-state index in [0.717, 1.165) is 25.7 Å². The Kier molecular flexibility index (Phi) is 3.83. The van der Waals surface area contributed by atoms with E-state index in [4.69, 9.17) is 14.5 Å². The SMILES string of the molecule is CCCC1OOC(CCC)O1. The predicted octanol–water partition coefficient (Wildman–Crippen LogP) is 2.22. The van der Waals surface area contributed by atoms with Gasteiger partial charge in [0.2, 0.25) is 0 Å². The van der Waals surface area contributed by atoms with Gasteiger partial charge in [-0.1, -0.05) is 26.7 Å². The van der Waals surface area contributed by atoms with Crippen molar-refractivity contribution in [2.45, 2.75) is 52.1 Å². The molecule has 1 saturated heterocycles. The van der Waals surface area contributed by atoms with Crippen LogP contribution in [-0.4, -0.2) is 12.6 Å². The van der Waals surface area contributed by atoms with E-state index in [1.54, 1.807) is 0 Å². The second kappa shape index (κ2) is 4.70. The third kappa shape index (κ3) is 2.77. The first kappa shape index (κ1) is 8.97. The van der Waals surface area contributed by atoms with E-state index < -0.39 is 0 Å². The number of rotatable bonds is 4. The molecular formula is C8H16O3. The van der Waals surface area contributed by atoms with Crippen molar-refractivity contribution >= 4 is 0 Å². The van der Waals surface area contributed by atoms with Crippen molar-refractivity contribution in [1.29, 1.82) is 0 Å². The minimum absolute atomic E-state index is 0.128. The molecule has 66 valence electrons. The molecule has 2 atom stereocenters. The molecule has 1 fully saturated rings. The summed E-state index contributed by atoms with van der Waals surface area (Å²) in [6.07, 6.45) is 3.70. The molecular weight excluding hydrogens is 144 g/mol. The molecule has 0 aliphatic carbocycles. The highest BCUT2D eigenvalue weighted by Crippen LogP contribution is 2.20. The molecule has 0 aromatic carbocycles. The maximum atomic E-state index is 5.40. The van der Waals surface area contributed by atoms with E-state index in [1.807, 2.05) is 0 Å². The molecule has 0 aromatic heterocycles. The average Bonchev–Trinajstić information content (AvgIpc) is 2.38. The fourth-order valence-corrected chi connectivity index (χ4v) is 1.04. The van der Waals surface area contributed by atoms with E-state index in [2.05, 4.69) is 13.8 Å². The van der Waals surface area contributed by atoms with Gasteiger partial charge in [-0.2, -0.15) is 0 Å². The molecule has 0 N–H and O–H groups in total. The highest BCUT2D eigenvalue weighted by molar-refractivity contribution is 4.50. The molecule has 0 aromatic rings. The van der Waals surface area contributed by atoms with Crippen molar-refractivity contribution in [3.05, 3.63) is 0 Å². The van der Waals surface area contributed by atoms with Crippen LogP contribution in [0.5, 0.6) is 0 Å². The number of ether oxygens (including phenoxy) is 1. The summed E-state index contributed by atoms with van der Waals surface area (Å²) < 4.78 is 5.40. The topological polar surface area (TPSA) is 27.7 Å². The van der Waals surface area contributed by atoms with Crippen molar-refractivity contribution in [2.75, 3.05) is 0 Å². The Morgan fingerprint density at radius 2 is 1.36 bits per heavy atom. The Morgan fingerprint density at radius 3 is 1.73 bits per heavy atom. The van der Waals surface area contributed by atoms with Gasteiger partial charge in [0, 0.05) is 12.8 Å². The minimum atomic E-state index is -0.128. The molecule has 3 nitrogen and oxygen atoms in total. The van der Waals surface area contributed by atoms with Crippen LogP contribution < -0.4 is 0 Å². The summed E-state index contributed by atoms with van der Waals surface area (Å²) in [4.78, 5) is 9.87. The van der Waals surface area contributed by atoms with E-state index in [9.17, 15) is 0 Å². The highest BCUT2D eigenvalue weighted by Gasteiger charge is 2.25. The Labute approximate surface area is 67.6 Å². The fourth-order valence-electron chi connectivity index (χ4n) is 1.04. The van der Waals surface area contributed by atoms with Gasteiger partial charge in [0.25, 0.3) is 0 Å². The number of hydrogen-bond acceptors (Lipinski definition) is 3. The molecule has 1 aliphatic heterocycles. The van der Waals surface area contributed by atoms with Crippen molar-refractivity contribution in [3.63, 3.8) is 0 Å². The predicted molar refractivity (Wildman–Crippen MR) is 40.6 cm³/mol. The van der Waals surface area contributed by atoms with Crippen LogP contribution in [-0.2, 0) is 14.5 Å². The van der Waals surface area contributed by atoms with Crippen molar-refractivity contribution < 1.29 is 14.5 Å². The van der Waals surface area contributed by atoms with Gasteiger partial charge in [0.1, 0.15) is 0 Å². The average molecular weight is 160 g/mol. The van der Waals surface area contributed by atoms with E-state index in [1.165, 1.54) is 0 Å². The van der Waals surface area contributed by atoms with Crippen LogP contribution in [0.3, 0.4) is 0 Å². The quantitative estimate of drug-likeness (QED) is 0.590. The lowest BCUT2D eigenvalue weighted by Gasteiger charge is -2.04. The lowest BCUT2D eigenvalue weighted by atomic mass is 10.3. The van der Waals surface area contributed by atoms with Crippen LogP contribution in [0.25, 0.3) is 0 Å². The third-order valence-corrected chi connectivity index (χ3v) is 1.62. The lowest BCUT2D eigenvalue weighted by molar-refractivity contribution is -0.297. The van der Waals surface area contributed by atoms with Gasteiger partial charge in [-0.3, -0.25) is 0 Å². The van der Waals surface area contributed by atoms with Gasteiger partial charge in [-0.15, -0.1) is 0 Å². The standard InChI is InChI=1S/C8H16O3/c1-3-5-7-9-8(6-4-2)11-10-7/h7-8H,3-6H2,1-2H3. The van der Waals surface area contributed by atoms with Gasteiger partial charge in [-0.25, -0.2) is 9.78 Å². The molecule has 0 bridgehead atoms. The minimum Gasteiger partial charge on any atom is -0.318 e. The van der Waals surface area contributed by atoms with Crippen LogP contribution in [0.1, 0.15) is 39.5 Å². The third-order valence-electron chi connectivity index (χ3n) is 1.62. The molecule has 1 rings (SSSR count). The molecule has 0 saturated carbocycles. The van der Waals surface area contributed by atoms with E-state index >= 15 is 0 Å². The van der Waals surface area contributed by atoms with E-state index in [-0.39, 0.29) is 12.6 Å². The Balaban J connectivity index is 2.12. The zero-order valence-corrected chi connectivity index (χ0v) is 7.21. The molecule has 0 spiro atoms. The molecule has 1 aliphatic rings. The summed E-state index contributed by atoms with van der Waals surface area (Å²) in [6.45, 7) is 4.19. The van der Waals surface area contributed by atoms with Gasteiger partial charge >= 0.3 is 0 Å². The molecule has 11 heavy (non-hydrogen) atoms. The van der Waals surface area contributed by atoms with Gasteiger partial charge in [0.15, 0.2) is 12.6 Å². The zero-order valence-electron chi connectivity index (χ0n) is 7.21. The molecule has 0 amide bonds. The van der Waals surface area contributed by atoms with Crippen LogP contribution in [0.15, 0.2) is 0 Å². The van der Waals surface area contributed by atoms with Gasteiger partial charge < -0.3 is 4.74 Å². The second-order valence-corrected chi connectivity index (χ2v) is 2.76. The Hall–Kier alpha value is -0.120. The van der Waals surface area contributed by atoms with Crippen molar-refractivity contribution in [2.24, 2.45) is 0 Å². The summed E-state index contributed by atoms with van der Waals surface area (Å²) in [5, 5.41) is 0. The lowest BCUT2D eigenvalue weighted by Crippen LogP contribution is -2.10. The molecule has 0 radical (unpaired) electrons. The number of hydrogen-bond donors (Lipinski definition) is 0. The van der Waals surface area contributed by atoms with Gasteiger partial charge in [0.05, 0.1) is 0 Å². The largest absolute Gasteiger partial charge is 0.318 e. The Morgan fingerprint density at radius 1 is 0.909 bits per heavy atom. The summed E-state index contributed by atoms with van der Waals surface area (Å²) in [5.74, 6) is 0. The maximum Gasteiger partial charge on any atom is 0.194 e. The zero-order chi connectivity index (χ0) is 8.10. The summed E-state index contributed by atoms with van der Waals surface area (Å²) in [5.41, 5.74) is 0.